The summed E-state index contributed by atoms with van der Waals surface area (Å²) < 4.78 is 0. The molecule has 0 atom stereocenters. The van der Waals surface area contributed by atoms with Gasteiger partial charge in [0.15, 0.2) is 17.5 Å². The van der Waals surface area contributed by atoms with E-state index >= 15 is 0 Å². The van der Waals surface area contributed by atoms with Crippen LogP contribution < -0.4 is 0 Å². The van der Waals surface area contributed by atoms with Crippen LogP contribution in [-0.2, 0) is 0 Å². The fourth-order valence-electron chi connectivity index (χ4n) is 15.7. The van der Waals surface area contributed by atoms with Crippen molar-refractivity contribution in [2.75, 3.05) is 0 Å². The van der Waals surface area contributed by atoms with Gasteiger partial charge in [-0.05, 0) is 111 Å². The van der Waals surface area contributed by atoms with Gasteiger partial charge in [-0.1, -0.05) is 352 Å². The molecular weight excluding hydrogens is 1290 g/mol. The summed E-state index contributed by atoms with van der Waals surface area (Å²) in [6, 6.07) is 133. The van der Waals surface area contributed by atoms with Crippen LogP contribution in [0, 0.1) is 0 Å². The predicted octanol–water partition coefficient (Wildman–Crippen LogP) is 26.3. The number of hydrogen-bond donors (Lipinski definition) is 0. The molecule has 0 spiro atoms. The molecule has 0 amide bonds. The number of hydrogen-bond acceptors (Lipinski definition) is 6. The molecule has 492 valence electrons. The highest BCUT2D eigenvalue weighted by Gasteiger charge is 2.21. The number of rotatable bonds is 9. The zero-order valence-electron chi connectivity index (χ0n) is 57.5. The van der Waals surface area contributed by atoms with Gasteiger partial charge in [0.1, 0.15) is 0 Å². The van der Waals surface area contributed by atoms with E-state index in [-0.39, 0.29) is 0 Å². The standard InChI is InChI=1S/C52H32N2.C48H30N4/c1-3-13-37-29-39(27-21-33(37)11-1)41-31-48(53-49(32-41)40-28-22-34-12-2-4-14-38(34)30-40)35-23-25-36(26-24-35)51-47-20-10-8-18-45(47)50-44-17-7-5-15-42(44)43-16-6-9-19-46(43)52(50)54-51;1-3-13-34(14-4-1)46-50-47(35-15-5-2-6-16-35)52-48(51-46)36-29-25-32(26-30-36)31-23-27-33(28-24-31)44-42-22-12-10-20-40(42)43-39-19-9-7-17-37(39)38-18-8-11-21-41(38)45(43)49-44/h1-32H;1-30H. The Kier molecular flexibility index (Phi) is 15.1. The van der Waals surface area contributed by atoms with Crippen LogP contribution in [0.5, 0.6) is 0 Å². The van der Waals surface area contributed by atoms with E-state index in [0.717, 1.165) is 100 Å². The van der Waals surface area contributed by atoms with Crippen molar-refractivity contribution in [3.8, 4) is 101 Å². The first-order valence-electron chi connectivity index (χ1n) is 36.0. The van der Waals surface area contributed by atoms with Gasteiger partial charge in [-0.25, -0.2) is 29.9 Å². The van der Waals surface area contributed by atoms with E-state index in [4.69, 9.17) is 29.9 Å². The Morgan fingerprint density at radius 1 is 0.142 bits per heavy atom. The molecule has 0 unspecified atom stereocenters. The van der Waals surface area contributed by atoms with Crippen LogP contribution in [0.2, 0.25) is 0 Å². The van der Waals surface area contributed by atoms with E-state index < -0.39 is 0 Å². The van der Waals surface area contributed by atoms with Gasteiger partial charge in [0.25, 0.3) is 0 Å². The summed E-state index contributed by atoms with van der Waals surface area (Å²) in [5, 5.41) is 21.8. The largest absolute Gasteiger partial charge is 0.248 e. The Bertz CT molecular complexity index is 6890. The molecule has 6 nitrogen and oxygen atoms in total. The van der Waals surface area contributed by atoms with E-state index in [1.807, 2.05) is 60.7 Å². The van der Waals surface area contributed by atoms with Crippen molar-refractivity contribution in [3.05, 3.63) is 376 Å². The van der Waals surface area contributed by atoms with Crippen molar-refractivity contribution in [2.24, 2.45) is 0 Å². The second-order valence-corrected chi connectivity index (χ2v) is 27.2. The van der Waals surface area contributed by atoms with Crippen LogP contribution in [0.1, 0.15) is 0 Å². The molecule has 6 heteroatoms. The quantitative estimate of drug-likeness (QED) is 0.134. The zero-order valence-corrected chi connectivity index (χ0v) is 57.5. The molecule has 0 bridgehead atoms. The minimum Gasteiger partial charge on any atom is -0.248 e. The fraction of sp³-hybridized carbons (Fsp3) is 0. The summed E-state index contributed by atoms with van der Waals surface area (Å²) in [4.78, 5) is 30.9. The molecule has 0 aliphatic rings. The second-order valence-electron chi connectivity index (χ2n) is 27.2. The van der Waals surface area contributed by atoms with Crippen molar-refractivity contribution in [1.82, 2.24) is 29.9 Å². The Hall–Kier alpha value is -14.2. The zero-order chi connectivity index (χ0) is 70.0. The summed E-state index contributed by atoms with van der Waals surface area (Å²) in [6.07, 6.45) is 0. The van der Waals surface area contributed by atoms with Gasteiger partial charge >= 0.3 is 0 Å². The number of pyridine rings is 3. The molecular formula is C100H62N6. The Labute approximate surface area is 611 Å². The van der Waals surface area contributed by atoms with Crippen LogP contribution in [0.15, 0.2) is 376 Å². The smallest absolute Gasteiger partial charge is 0.164 e. The first-order chi connectivity index (χ1) is 52.5. The second kappa shape index (κ2) is 26.0. The van der Waals surface area contributed by atoms with E-state index in [9.17, 15) is 0 Å². The first kappa shape index (κ1) is 61.7. The number of fused-ring (bicyclic) bond motifs is 18. The van der Waals surface area contributed by atoms with Crippen molar-refractivity contribution in [1.29, 1.82) is 0 Å². The molecule has 106 heavy (non-hydrogen) atoms. The summed E-state index contributed by atoms with van der Waals surface area (Å²) in [5.41, 5.74) is 17.6. The molecule has 21 aromatic rings. The Morgan fingerprint density at radius 3 is 0.858 bits per heavy atom. The third-order valence-corrected chi connectivity index (χ3v) is 20.9. The van der Waals surface area contributed by atoms with Crippen LogP contribution >= 0.6 is 0 Å². The molecule has 0 saturated heterocycles. The number of benzene rings is 17. The van der Waals surface area contributed by atoms with Crippen molar-refractivity contribution >= 4 is 108 Å². The molecule has 17 aromatic carbocycles. The molecule has 0 fully saturated rings. The molecule has 0 radical (unpaired) electrons. The normalized spacial score (nSPS) is 11.6. The molecule has 0 saturated carbocycles. The maximum absolute atomic E-state index is 5.50. The van der Waals surface area contributed by atoms with Crippen LogP contribution in [0.4, 0.5) is 0 Å². The molecule has 4 aromatic heterocycles. The predicted molar refractivity (Wildman–Crippen MR) is 444 cm³/mol. The molecule has 21 rings (SSSR count). The van der Waals surface area contributed by atoms with Gasteiger partial charge in [0.2, 0.25) is 0 Å². The van der Waals surface area contributed by atoms with Gasteiger partial charge in [-0.2, -0.15) is 0 Å². The van der Waals surface area contributed by atoms with Gasteiger partial charge < -0.3 is 0 Å². The van der Waals surface area contributed by atoms with Crippen LogP contribution in [0.25, 0.3) is 209 Å². The minimum atomic E-state index is 0.643. The minimum absolute atomic E-state index is 0.643. The van der Waals surface area contributed by atoms with E-state index in [1.54, 1.807) is 0 Å². The van der Waals surface area contributed by atoms with Crippen molar-refractivity contribution in [3.63, 3.8) is 0 Å². The van der Waals surface area contributed by atoms with Crippen molar-refractivity contribution < 1.29 is 0 Å². The summed E-state index contributed by atoms with van der Waals surface area (Å²) >= 11 is 0. The van der Waals surface area contributed by atoms with Crippen molar-refractivity contribution in [2.45, 2.75) is 0 Å². The summed E-state index contributed by atoms with van der Waals surface area (Å²) in [5.74, 6) is 1.95. The molecule has 0 aliphatic carbocycles. The maximum atomic E-state index is 5.50. The van der Waals surface area contributed by atoms with E-state index in [2.05, 4.69) is 315 Å². The third-order valence-electron chi connectivity index (χ3n) is 20.9. The molecule has 0 aliphatic heterocycles. The Morgan fingerprint density at radius 2 is 0.425 bits per heavy atom. The lowest BCUT2D eigenvalue weighted by atomic mass is 9.92. The van der Waals surface area contributed by atoms with Crippen LogP contribution in [-0.4, -0.2) is 29.9 Å². The topological polar surface area (TPSA) is 77.3 Å². The van der Waals surface area contributed by atoms with Gasteiger partial charge in [0.05, 0.1) is 33.8 Å². The average Bonchev–Trinajstić information content (AvgIpc) is 0.726. The fourth-order valence-corrected chi connectivity index (χ4v) is 15.7. The Balaban J connectivity index is 0.000000140. The number of nitrogens with zero attached hydrogens (tertiary/aromatic N) is 6. The lowest BCUT2D eigenvalue weighted by Crippen LogP contribution is -2.00. The molecule has 0 N–H and O–H groups in total. The average molecular weight is 1350 g/mol. The maximum Gasteiger partial charge on any atom is 0.164 e. The SMILES string of the molecule is c1ccc(-c2nc(-c3ccccc3)nc(-c3ccc(-c4ccc(-c5nc6c7ccccc7c7ccccc7c6c6ccccc56)cc4)cc3)n2)cc1.c1ccc2cc(-c3cc(-c4ccc(-c5nc6c7ccccc7c7ccccc7c6c6ccccc56)cc4)nc(-c4ccc5ccccc5c4)c3)ccc2c1. The van der Waals surface area contributed by atoms with Gasteiger partial charge in [0, 0.05) is 71.3 Å². The van der Waals surface area contributed by atoms with E-state index in [0.29, 0.717) is 17.5 Å². The highest BCUT2D eigenvalue weighted by atomic mass is 15.0. The monoisotopic (exact) mass is 1350 g/mol. The molecule has 4 heterocycles. The summed E-state index contributed by atoms with van der Waals surface area (Å²) in [6.45, 7) is 0. The van der Waals surface area contributed by atoms with Gasteiger partial charge in [-0.3, -0.25) is 0 Å². The highest BCUT2D eigenvalue weighted by molar-refractivity contribution is 6.33. The third kappa shape index (κ3) is 11.0. The highest BCUT2D eigenvalue weighted by Crippen LogP contribution is 2.44. The number of aromatic nitrogens is 6. The lowest BCUT2D eigenvalue weighted by molar-refractivity contribution is 1.07. The van der Waals surface area contributed by atoms with Crippen LogP contribution in [0.3, 0.4) is 0 Å². The lowest BCUT2D eigenvalue weighted by Gasteiger charge is -2.15. The summed E-state index contributed by atoms with van der Waals surface area (Å²) in [7, 11) is 0. The van der Waals surface area contributed by atoms with E-state index in [1.165, 1.54) is 91.7 Å². The van der Waals surface area contributed by atoms with Gasteiger partial charge in [-0.15, -0.1) is 0 Å². The first-order valence-corrected chi connectivity index (χ1v) is 36.0.